The molecule has 0 radical (unpaired) electrons. The van der Waals surface area contributed by atoms with Crippen molar-refractivity contribution >= 4 is 11.6 Å². The lowest BCUT2D eigenvalue weighted by atomic mass is 10.1. The van der Waals surface area contributed by atoms with Crippen molar-refractivity contribution in [2.45, 2.75) is 6.92 Å². The first-order valence-corrected chi connectivity index (χ1v) is 7.25. The van der Waals surface area contributed by atoms with E-state index < -0.39 is 0 Å². The third-order valence-corrected chi connectivity index (χ3v) is 3.94. The maximum absolute atomic E-state index is 12.5. The van der Waals surface area contributed by atoms with E-state index in [9.17, 15) is 4.79 Å². The fraction of sp³-hybridized carbons (Fsp3) is 0.294. The van der Waals surface area contributed by atoms with Crippen LogP contribution in [0.15, 0.2) is 48.8 Å². The van der Waals surface area contributed by atoms with Crippen LogP contribution < -0.4 is 4.90 Å². The molecule has 0 saturated carbocycles. The number of carbonyl (C=O) groups is 1. The Kier molecular flexibility index (Phi) is 3.86. The van der Waals surface area contributed by atoms with Gasteiger partial charge in [-0.25, -0.2) is 0 Å². The molecular weight excluding hydrogens is 262 g/mol. The highest BCUT2D eigenvalue weighted by Gasteiger charge is 2.23. The van der Waals surface area contributed by atoms with E-state index >= 15 is 0 Å². The molecule has 1 aromatic heterocycles. The summed E-state index contributed by atoms with van der Waals surface area (Å²) in [6.45, 7) is 5.20. The highest BCUT2D eigenvalue weighted by atomic mass is 16.2. The predicted molar refractivity (Wildman–Crippen MR) is 83.5 cm³/mol. The van der Waals surface area contributed by atoms with Crippen LogP contribution in [0.25, 0.3) is 0 Å². The number of carbonyl (C=O) groups excluding carboxylic acids is 1. The zero-order chi connectivity index (χ0) is 14.7. The molecule has 2 heterocycles. The molecule has 1 fully saturated rings. The Balaban J connectivity index is 1.66. The van der Waals surface area contributed by atoms with Crippen LogP contribution in [0.1, 0.15) is 15.9 Å². The Labute approximate surface area is 125 Å². The van der Waals surface area contributed by atoms with Crippen molar-refractivity contribution < 1.29 is 4.79 Å². The molecule has 1 aliphatic heterocycles. The van der Waals surface area contributed by atoms with E-state index in [4.69, 9.17) is 0 Å². The lowest BCUT2D eigenvalue weighted by Gasteiger charge is -2.36. The van der Waals surface area contributed by atoms with E-state index in [1.807, 2.05) is 30.0 Å². The average molecular weight is 281 g/mol. The summed E-state index contributed by atoms with van der Waals surface area (Å²) in [7, 11) is 0. The van der Waals surface area contributed by atoms with Gasteiger partial charge in [-0.2, -0.15) is 0 Å². The van der Waals surface area contributed by atoms with Gasteiger partial charge < -0.3 is 9.80 Å². The van der Waals surface area contributed by atoms with Crippen molar-refractivity contribution in [3.63, 3.8) is 0 Å². The summed E-state index contributed by atoms with van der Waals surface area (Å²) >= 11 is 0. The summed E-state index contributed by atoms with van der Waals surface area (Å²) < 4.78 is 0. The Morgan fingerprint density at radius 2 is 1.76 bits per heavy atom. The van der Waals surface area contributed by atoms with Gasteiger partial charge in [-0.1, -0.05) is 18.2 Å². The highest BCUT2D eigenvalue weighted by molar-refractivity contribution is 5.95. The minimum atomic E-state index is 0.114. The molecule has 0 bridgehead atoms. The van der Waals surface area contributed by atoms with Gasteiger partial charge in [-0.05, 0) is 30.7 Å². The lowest BCUT2D eigenvalue weighted by Crippen LogP contribution is -2.48. The second kappa shape index (κ2) is 5.95. The Bertz CT molecular complexity index is 619. The molecule has 4 nitrogen and oxygen atoms in total. The number of benzene rings is 1. The number of nitrogens with zero attached hydrogens (tertiary/aromatic N) is 3. The highest BCUT2D eigenvalue weighted by Crippen LogP contribution is 2.17. The maximum Gasteiger partial charge on any atom is 0.254 e. The maximum atomic E-state index is 12.5. The first kappa shape index (κ1) is 13.6. The van der Waals surface area contributed by atoms with Crippen molar-refractivity contribution in [1.82, 2.24) is 9.88 Å². The molecule has 2 aromatic rings. The van der Waals surface area contributed by atoms with Crippen LogP contribution in [0.3, 0.4) is 0 Å². The second-order valence-electron chi connectivity index (χ2n) is 5.31. The van der Waals surface area contributed by atoms with Crippen LogP contribution in [0.4, 0.5) is 5.69 Å². The van der Waals surface area contributed by atoms with Gasteiger partial charge in [0.1, 0.15) is 0 Å². The van der Waals surface area contributed by atoms with E-state index in [-0.39, 0.29) is 5.91 Å². The van der Waals surface area contributed by atoms with Crippen LogP contribution in [0.5, 0.6) is 0 Å². The molecule has 1 aromatic carbocycles. The van der Waals surface area contributed by atoms with Crippen LogP contribution in [-0.2, 0) is 0 Å². The summed E-state index contributed by atoms with van der Waals surface area (Å²) in [5.74, 6) is 0.114. The zero-order valence-corrected chi connectivity index (χ0v) is 12.2. The van der Waals surface area contributed by atoms with Gasteiger partial charge in [-0.3, -0.25) is 9.78 Å². The fourth-order valence-electron chi connectivity index (χ4n) is 2.69. The lowest BCUT2D eigenvalue weighted by molar-refractivity contribution is 0.0746. The van der Waals surface area contributed by atoms with Crippen LogP contribution >= 0.6 is 0 Å². The molecule has 0 N–H and O–H groups in total. The van der Waals surface area contributed by atoms with Gasteiger partial charge in [0.05, 0.1) is 0 Å². The number of hydrogen-bond acceptors (Lipinski definition) is 3. The van der Waals surface area contributed by atoms with Crippen molar-refractivity contribution in [3.8, 4) is 0 Å². The summed E-state index contributed by atoms with van der Waals surface area (Å²) in [5.41, 5.74) is 2.93. The Hall–Kier alpha value is -2.36. The fourth-order valence-corrected chi connectivity index (χ4v) is 2.69. The SMILES string of the molecule is Cc1cnccc1C(=O)N1CCN(c2ccccc2)CC1. The molecule has 1 aliphatic rings. The molecule has 0 aliphatic carbocycles. The molecule has 0 unspecified atom stereocenters. The molecule has 21 heavy (non-hydrogen) atoms. The minimum Gasteiger partial charge on any atom is -0.368 e. The number of anilines is 1. The molecule has 1 saturated heterocycles. The van der Waals surface area contributed by atoms with E-state index in [2.05, 4.69) is 22.0 Å². The normalized spacial score (nSPS) is 15.1. The van der Waals surface area contributed by atoms with Gasteiger partial charge in [-0.15, -0.1) is 0 Å². The number of para-hydroxylation sites is 1. The number of rotatable bonds is 2. The van der Waals surface area contributed by atoms with Crippen molar-refractivity contribution in [2.75, 3.05) is 31.1 Å². The Morgan fingerprint density at radius 1 is 1.05 bits per heavy atom. The second-order valence-corrected chi connectivity index (χ2v) is 5.31. The number of aromatic nitrogens is 1. The number of piperazine rings is 1. The summed E-state index contributed by atoms with van der Waals surface area (Å²) in [6, 6.07) is 12.2. The first-order chi connectivity index (χ1) is 10.3. The van der Waals surface area contributed by atoms with Gasteiger partial charge in [0.25, 0.3) is 5.91 Å². The average Bonchev–Trinajstić information content (AvgIpc) is 2.56. The molecule has 0 atom stereocenters. The smallest absolute Gasteiger partial charge is 0.254 e. The van der Waals surface area contributed by atoms with Gasteiger partial charge in [0.15, 0.2) is 0 Å². The standard InChI is InChI=1S/C17H19N3O/c1-14-13-18-8-7-16(14)17(21)20-11-9-19(10-12-20)15-5-3-2-4-6-15/h2-8,13H,9-12H2,1H3. The molecule has 0 spiro atoms. The summed E-state index contributed by atoms with van der Waals surface area (Å²) in [4.78, 5) is 20.8. The largest absolute Gasteiger partial charge is 0.368 e. The number of aryl methyl sites for hydroxylation is 1. The van der Waals surface area contributed by atoms with Gasteiger partial charge in [0.2, 0.25) is 0 Å². The van der Waals surface area contributed by atoms with Gasteiger partial charge in [0, 0.05) is 49.8 Å². The molecule has 3 rings (SSSR count). The number of pyridine rings is 1. The molecule has 1 amide bonds. The minimum absolute atomic E-state index is 0.114. The third kappa shape index (κ3) is 2.89. The van der Waals surface area contributed by atoms with Crippen LogP contribution in [0, 0.1) is 6.92 Å². The van der Waals surface area contributed by atoms with Crippen LogP contribution in [0.2, 0.25) is 0 Å². The quantitative estimate of drug-likeness (QED) is 0.848. The van der Waals surface area contributed by atoms with Gasteiger partial charge >= 0.3 is 0 Å². The molecule has 4 heteroatoms. The van der Waals surface area contributed by atoms with E-state index in [1.54, 1.807) is 18.5 Å². The van der Waals surface area contributed by atoms with Crippen molar-refractivity contribution in [3.05, 3.63) is 59.9 Å². The number of amides is 1. The van der Waals surface area contributed by atoms with Crippen molar-refractivity contribution in [2.24, 2.45) is 0 Å². The summed E-state index contributed by atoms with van der Waals surface area (Å²) in [6.07, 6.45) is 3.42. The third-order valence-electron chi connectivity index (χ3n) is 3.94. The predicted octanol–water partition coefficient (Wildman–Crippen LogP) is 2.35. The summed E-state index contributed by atoms with van der Waals surface area (Å²) in [5, 5.41) is 0. The van der Waals surface area contributed by atoms with Crippen LogP contribution in [-0.4, -0.2) is 42.0 Å². The first-order valence-electron chi connectivity index (χ1n) is 7.25. The molecular formula is C17H19N3O. The number of hydrogen-bond donors (Lipinski definition) is 0. The van der Waals surface area contributed by atoms with E-state index in [1.165, 1.54) is 5.69 Å². The monoisotopic (exact) mass is 281 g/mol. The van der Waals surface area contributed by atoms with E-state index in [0.717, 1.165) is 37.3 Å². The Morgan fingerprint density at radius 3 is 2.43 bits per heavy atom. The molecule has 108 valence electrons. The van der Waals surface area contributed by atoms with Crippen molar-refractivity contribution in [1.29, 1.82) is 0 Å². The zero-order valence-electron chi connectivity index (χ0n) is 12.2. The van der Waals surface area contributed by atoms with E-state index in [0.29, 0.717) is 0 Å². The topological polar surface area (TPSA) is 36.4 Å².